The number of nitriles is 1. The Morgan fingerprint density at radius 1 is 1.18 bits per heavy atom. The van der Waals surface area contributed by atoms with Crippen molar-refractivity contribution in [1.82, 2.24) is 0 Å². The number of hydrogen-bond donors (Lipinski definition) is 0. The molecule has 0 amide bonds. The van der Waals surface area contributed by atoms with Crippen LogP contribution in [0, 0.1) is 17.1 Å². The molecule has 0 spiro atoms. The maximum atomic E-state index is 14.3. The molecule has 0 fully saturated rings. The van der Waals surface area contributed by atoms with Gasteiger partial charge in [-0.1, -0.05) is 30.3 Å². The minimum absolute atomic E-state index is 0.0194. The van der Waals surface area contributed by atoms with Crippen LogP contribution in [0.25, 0.3) is 0 Å². The van der Waals surface area contributed by atoms with Crippen molar-refractivity contribution in [3.05, 3.63) is 93.8 Å². The molecule has 0 aromatic heterocycles. The number of benzene rings is 3. The first-order chi connectivity index (χ1) is 16.6. The highest BCUT2D eigenvalue weighted by Crippen LogP contribution is 2.42. The summed E-state index contributed by atoms with van der Waals surface area (Å²) in [7, 11) is 1.39. The molecule has 0 saturated heterocycles. The Morgan fingerprint density at radius 3 is 2.79 bits per heavy atom. The number of methoxy groups -OCH3 is 1. The summed E-state index contributed by atoms with van der Waals surface area (Å²) in [5.74, 6) is 0.875. The van der Waals surface area contributed by atoms with Crippen LogP contribution in [0.4, 0.5) is 4.39 Å². The molecule has 2 unspecified atom stereocenters. The molecule has 5 nitrogen and oxygen atoms in total. The van der Waals surface area contributed by atoms with E-state index in [2.05, 4.69) is 6.07 Å². The van der Waals surface area contributed by atoms with Gasteiger partial charge >= 0.3 is 5.97 Å². The number of carbonyl (C=O) groups excluding carboxylic acids is 1. The molecule has 2 aliphatic rings. The summed E-state index contributed by atoms with van der Waals surface area (Å²) >= 11 is 0. The van der Waals surface area contributed by atoms with Gasteiger partial charge in [-0.25, -0.2) is 4.39 Å². The van der Waals surface area contributed by atoms with Gasteiger partial charge in [0.25, 0.3) is 0 Å². The van der Waals surface area contributed by atoms with Gasteiger partial charge in [-0.15, -0.1) is 0 Å². The van der Waals surface area contributed by atoms with E-state index >= 15 is 0 Å². The minimum atomic E-state index is -0.265. The number of nitrogens with zero attached hydrogens (tertiary/aromatic N) is 1. The fraction of sp³-hybridized carbons (Fsp3) is 0.286. The predicted molar refractivity (Wildman–Crippen MR) is 123 cm³/mol. The molecule has 1 aliphatic heterocycles. The van der Waals surface area contributed by atoms with Crippen LogP contribution in [-0.2, 0) is 22.4 Å². The van der Waals surface area contributed by atoms with Crippen molar-refractivity contribution in [1.29, 1.82) is 5.26 Å². The van der Waals surface area contributed by atoms with Crippen LogP contribution < -0.4 is 9.47 Å². The molecule has 3 aromatic rings. The third-order valence-electron chi connectivity index (χ3n) is 6.70. The minimum Gasteiger partial charge on any atom is -0.492 e. The molecule has 0 saturated carbocycles. The summed E-state index contributed by atoms with van der Waals surface area (Å²) in [4.78, 5) is 11.7. The van der Waals surface area contributed by atoms with E-state index in [1.807, 2.05) is 30.3 Å². The highest BCUT2D eigenvalue weighted by molar-refractivity contribution is 5.71. The van der Waals surface area contributed by atoms with Gasteiger partial charge in [-0.05, 0) is 53.3 Å². The average molecular weight is 458 g/mol. The summed E-state index contributed by atoms with van der Waals surface area (Å²) in [6, 6.07) is 18.4. The lowest BCUT2D eigenvalue weighted by Crippen LogP contribution is -2.09. The second-order valence-corrected chi connectivity index (χ2v) is 8.67. The molecular formula is C28H24FNO4. The number of hydrogen-bond acceptors (Lipinski definition) is 5. The summed E-state index contributed by atoms with van der Waals surface area (Å²) in [6.45, 7) is 0.441. The Morgan fingerprint density at radius 2 is 2.00 bits per heavy atom. The monoisotopic (exact) mass is 457 g/mol. The lowest BCUT2D eigenvalue weighted by Gasteiger charge is -2.17. The zero-order valence-corrected chi connectivity index (χ0v) is 18.8. The van der Waals surface area contributed by atoms with Crippen LogP contribution in [0.1, 0.15) is 58.2 Å². The maximum Gasteiger partial charge on any atom is 0.306 e. The third-order valence-corrected chi connectivity index (χ3v) is 6.70. The van der Waals surface area contributed by atoms with E-state index in [-0.39, 0.29) is 30.2 Å². The van der Waals surface area contributed by atoms with Crippen LogP contribution in [0.15, 0.2) is 54.6 Å². The quantitative estimate of drug-likeness (QED) is 0.464. The summed E-state index contributed by atoms with van der Waals surface area (Å²) in [5.41, 5.74) is 5.12. The van der Waals surface area contributed by atoms with Crippen LogP contribution >= 0.6 is 0 Å². The van der Waals surface area contributed by atoms with Gasteiger partial charge in [-0.3, -0.25) is 4.79 Å². The van der Waals surface area contributed by atoms with Crippen molar-refractivity contribution in [3.8, 4) is 17.6 Å². The van der Waals surface area contributed by atoms with E-state index in [0.717, 1.165) is 40.8 Å². The van der Waals surface area contributed by atoms with E-state index in [9.17, 15) is 14.4 Å². The second-order valence-electron chi connectivity index (χ2n) is 8.67. The molecule has 2 atom stereocenters. The van der Waals surface area contributed by atoms with Crippen LogP contribution in [0.2, 0.25) is 0 Å². The van der Waals surface area contributed by atoms with Gasteiger partial charge in [-0.2, -0.15) is 5.26 Å². The number of carbonyl (C=O) groups is 1. The average Bonchev–Trinajstić information content (AvgIpc) is 3.44. The van der Waals surface area contributed by atoms with Crippen molar-refractivity contribution in [2.24, 2.45) is 0 Å². The topological polar surface area (TPSA) is 68.6 Å². The Hall–Kier alpha value is -3.85. The lowest BCUT2D eigenvalue weighted by molar-refractivity contribution is -0.141. The highest BCUT2D eigenvalue weighted by Gasteiger charge is 2.30. The van der Waals surface area contributed by atoms with Gasteiger partial charge in [0.05, 0.1) is 31.8 Å². The number of ether oxygens (including phenoxy) is 3. The second kappa shape index (κ2) is 9.18. The van der Waals surface area contributed by atoms with E-state index in [0.29, 0.717) is 29.9 Å². The Bertz CT molecular complexity index is 1300. The number of fused-ring (bicyclic) bond motifs is 2. The van der Waals surface area contributed by atoms with Crippen molar-refractivity contribution >= 4 is 5.97 Å². The summed E-state index contributed by atoms with van der Waals surface area (Å²) < 4.78 is 31.2. The van der Waals surface area contributed by atoms with Gasteiger partial charge < -0.3 is 14.2 Å². The fourth-order valence-corrected chi connectivity index (χ4v) is 4.95. The smallest absolute Gasteiger partial charge is 0.306 e. The third kappa shape index (κ3) is 4.10. The van der Waals surface area contributed by atoms with Crippen LogP contribution in [0.5, 0.6) is 11.5 Å². The lowest BCUT2D eigenvalue weighted by atomic mass is 9.92. The maximum absolute atomic E-state index is 14.3. The fourth-order valence-electron chi connectivity index (χ4n) is 4.95. The Balaban J connectivity index is 1.38. The molecule has 5 rings (SSSR count). The zero-order valence-electron chi connectivity index (χ0n) is 18.8. The molecule has 0 radical (unpaired) electrons. The molecule has 1 heterocycles. The van der Waals surface area contributed by atoms with Crippen molar-refractivity contribution in [2.45, 2.75) is 37.7 Å². The van der Waals surface area contributed by atoms with Crippen molar-refractivity contribution in [2.75, 3.05) is 13.7 Å². The number of esters is 1. The first-order valence-electron chi connectivity index (χ1n) is 11.4. The molecule has 6 heteroatoms. The standard InChI is InChI=1S/C28H24FNO4/c1-32-28(31)13-19-16-33-27-14-20(7-9-21(19)27)34-26-11-10-22-23(26)8-6-18(15-30)24(22)12-17-4-2-3-5-25(17)29/h2-9,14,19,26H,10-13,16H2,1H3. The normalized spacial score (nSPS) is 17.9. The summed E-state index contributed by atoms with van der Waals surface area (Å²) in [5, 5.41) is 9.66. The van der Waals surface area contributed by atoms with E-state index in [1.54, 1.807) is 18.2 Å². The van der Waals surface area contributed by atoms with Crippen molar-refractivity contribution in [3.63, 3.8) is 0 Å². The SMILES string of the molecule is COC(=O)CC1COc2cc(OC3CCc4c3ccc(C#N)c4Cc3ccccc3F)ccc21. The predicted octanol–water partition coefficient (Wildman–Crippen LogP) is 5.39. The van der Waals surface area contributed by atoms with Crippen molar-refractivity contribution < 1.29 is 23.4 Å². The first kappa shape index (κ1) is 22.0. The molecule has 1 aliphatic carbocycles. The largest absolute Gasteiger partial charge is 0.492 e. The van der Waals surface area contributed by atoms with Crippen LogP contribution in [-0.4, -0.2) is 19.7 Å². The van der Waals surface area contributed by atoms with E-state index < -0.39 is 0 Å². The Kier molecular flexibility index (Phi) is 5.93. The molecular weight excluding hydrogens is 433 g/mol. The van der Waals surface area contributed by atoms with Gasteiger partial charge in [0.15, 0.2) is 0 Å². The zero-order chi connectivity index (χ0) is 23.7. The molecule has 172 valence electrons. The van der Waals surface area contributed by atoms with E-state index in [4.69, 9.17) is 14.2 Å². The van der Waals surface area contributed by atoms with Gasteiger partial charge in [0.1, 0.15) is 23.4 Å². The van der Waals surface area contributed by atoms with Gasteiger partial charge in [0.2, 0.25) is 0 Å². The highest BCUT2D eigenvalue weighted by atomic mass is 19.1. The molecule has 34 heavy (non-hydrogen) atoms. The van der Waals surface area contributed by atoms with Crippen LogP contribution in [0.3, 0.4) is 0 Å². The molecule has 3 aromatic carbocycles. The number of halogens is 1. The Labute approximate surface area is 197 Å². The van der Waals surface area contributed by atoms with Gasteiger partial charge in [0, 0.05) is 24.0 Å². The number of rotatable bonds is 6. The van der Waals surface area contributed by atoms with E-state index in [1.165, 1.54) is 13.2 Å². The first-order valence-corrected chi connectivity index (χ1v) is 11.4. The molecule has 0 bridgehead atoms. The summed E-state index contributed by atoms with van der Waals surface area (Å²) in [6.07, 6.45) is 2.04. The molecule has 0 N–H and O–H groups in total.